The summed E-state index contributed by atoms with van der Waals surface area (Å²) in [5.74, 6) is 1.56. The van der Waals surface area contributed by atoms with Crippen molar-refractivity contribution < 1.29 is 9.47 Å². The Kier molecular flexibility index (Phi) is 4.42. The van der Waals surface area contributed by atoms with Crippen LogP contribution in [-0.4, -0.2) is 29.8 Å². The largest absolute Gasteiger partial charge is 0.474 e. The number of nitrogens with one attached hydrogen (secondary N) is 1. The first-order valence-electron chi connectivity index (χ1n) is 6.70. The Morgan fingerprint density at radius 2 is 2.06 bits per heavy atom. The Morgan fingerprint density at radius 3 is 2.72 bits per heavy atom. The van der Waals surface area contributed by atoms with Crippen molar-refractivity contribution in [2.75, 3.05) is 11.9 Å². The molecule has 4 nitrogen and oxygen atoms in total. The fraction of sp³-hybridized carbons (Fsp3) is 0.643. The number of ether oxygens (including phenoxy) is 2. The molecular weight excluding hydrogens is 228 g/mol. The van der Waals surface area contributed by atoms with E-state index in [9.17, 15) is 0 Å². The van der Waals surface area contributed by atoms with Gasteiger partial charge in [0.25, 0.3) is 0 Å². The van der Waals surface area contributed by atoms with E-state index in [1.165, 1.54) is 0 Å². The van der Waals surface area contributed by atoms with Crippen LogP contribution >= 0.6 is 0 Å². The van der Waals surface area contributed by atoms with Crippen LogP contribution in [-0.2, 0) is 4.74 Å². The minimum atomic E-state index is 0.202. The molecule has 1 aromatic heterocycles. The number of pyridine rings is 1. The van der Waals surface area contributed by atoms with Crippen molar-refractivity contribution in [3.63, 3.8) is 0 Å². The molecule has 0 radical (unpaired) electrons. The lowest BCUT2D eigenvalue weighted by atomic mass is 10.0. The molecule has 18 heavy (non-hydrogen) atoms. The molecule has 1 saturated heterocycles. The minimum Gasteiger partial charge on any atom is -0.474 e. The lowest BCUT2D eigenvalue weighted by molar-refractivity contribution is -0.0729. The molecule has 1 aliphatic heterocycles. The highest BCUT2D eigenvalue weighted by Gasteiger charge is 2.26. The van der Waals surface area contributed by atoms with Gasteiger partial charge < -0.3 is 14.8 Å². The van der Waals surface area contributed by atoms with E-state index >= 15 is 0 Å². The van der Waals surface area contributed by atoms with E-state index < -0.39 is 0 Å². The molecule has 1 aromatic rings. The van der Waals surface area contributed by atoms with Gasteiger partial charge in [-0.1, -0.05) is 6.07 Å². The maximum Gasteiger partial charge on any atom is 0.215 e. The van der Waals surface area contributed by atoms with Crippen molar-refractivity contribution in [3.05, 3.63) is 18.2 Å². The topological polar surface area (TPSA) is 43.4 Å². The van der Waals surface area contributed by atoms with Gasteiger partial charge in [0.2, 0.25) is 5.88 Å². The van der Waals surface area contributed by atoms with Crippen molar-refractivity contribution in [2.24, 2.45) is 0 Å². The number of anilines is 1. The Labute approximate surface area is 109 Å². The van der Waals surface area contributed by atoms with Crippen molar-refractivity contribution in [1.29, 1.82) is 0 Å². The molecule has 1 aliphatic rings. The standard InChI is InChI=1S/C14H22N2O2/c1-4-15-13-6-5-7-14(16-13)18-12-8-10(2)17-11(3)9-12/h5-7,10-12H,4,8-9H2,1-3H3,(H,15,16). The third-order valence-electron chi connectivity index (χ3n) is 3.02. The van der Waals surface area contributed by atoms with Crippen LogP contribution in [0.2, 0.25) is 0 Å². The highest BCUT2D eigenvalue weighted by atomic mass is 16.5. The van der Waals surface area contributed by atoms with E-state index in [4.69, 9.17) is 9.47 Å². The van der Waals surface area contributed by atoms with Crippen LogP contribution in [0.15, 0.2) is 18.2 Å². The zero-order valence-electron chi connectivity index (χ0n) is 11.3. The molecule has 1 N–H and O–H groups in total. The van der Waals surface area contributed by atoms with Gasteiger partial charge in [0.05, 0.1) is 12.2 Å². The molecule has 0 aliphatic carbocycles. The summed E-state index contributed by atoms with van der Waals surface area (Å²) in [6.45, 7) is 7.10. The van der Waals surface area contributed by atoms with Gasteiger partial charge in [-0.05, 0) is 26.8 Å². The summed E-state index contributed by atoms with van der Waals surface area (Å²) < 4.78 is 11.7. The molecule has 1 fully saturated rings. The van der Waals surface area contributed by atoms with E-state index in [-0.39, 0.29) is 18.3 Å². The molecule has 0 amide bonds. The van der Waals surface area contributed by atoms with E-state index in [1.54, 1.807) is 0 Å². The van der Waals surface area contributed by atoms with Gasteiger partial charge in [-0.15, -0.1) is 0 Å². The maximum absolute atomic E-state index is 5.95. The average Bonchev–Trinajstić information content (AvgIpc) is 2.28. The Balaban J connectivity index is 1.97. The summed E-state index contributed by atoms with van der Waals surface area (Å²) in [6, 6.07) is 5.82. The molecule has 2 unspecified atom stereocenters. The Hall–Kier alpha value is -1.29. The van der Waals surface area contributed by atoms with Crippen LogP contribution in [0.4, 0.5) is 5.82 Å². The molecule has 0 bridgehead atoms. The zero-order valence-corrected chi connectivity index (χ0v) is 11.3. The predicted octanol–water partition coefficient (Wildman–Crippen LogP) is 2.85. The predicted molar refractivity (Wildman–Crippen MR) is 72.1 cm³/mol. The maximum atomic E-state index is 5.95. The van der Waals surface area contributed by atoms with Gasteiger partial charge in [0.1, 0.15) is 11.9 Å². The number of aromatic nitrogens is 1. The van der Waals surface area contributed by atoms with Gasteiger partial charge in [0.15, 0.2) is 0 Å². The van der Waals surface area contributed by atoms with Gasteiger partial charge in [-0.25, -0.2) is 0 Å². The first-order chi connectivity index (χ1) is 8.67. The van der Waals surface area contributed by atoms with Crippen LogP contribution in [0, 0.1) is 0 Å². The molecule has 0 saturated carbocycles. The van der Waals surface area contributed by atoms with Gasteiger partial charge in [-0.3, -0.25) is 0 Å². The smallest absolute Gasteiger partial charge is 0.215 e. The minimum absolute atomic E-state index is 0.202. The highest BCUT2D eigenvalue weighted by Crippen LogP contribution is 2.23. The number of rotatable bonds is 4. The summed E-state index contributed by atoms with van der Waals surface area (Å²) in [5, 5.41) is 3.19. The van der Waals surface area contributed by atoms with Crippen molar-refractivity contribution in [1.82, 2.24) is 4.98 Å². The van der Waals surface area contributed by atoms with Crippen LogP contribution < -0.4 is 10.1 Å². The quantitative estimate of drug-likeness (QED) is 0.892. The molecule has 0 aromatic carbocycles. The third-order valence-corrected chi connectivity index (χ3v) is 3.02. The zero-order chi connectivity index (χ0) is 13.0. The fourth-order valence-electron chi connectivity index (χ4n) is 2.37. The summed E-state index contributed by atoms with van der Waals surface area (Å²) in [7, 11) is 0. The Morgan fingerprint density at radius 1 is 1.33 bits per heavy atom. The van der Waals surface area contributed by atoms with E-state index in [2.05, 4.69) is 31.1 Å². The number of nitrogens with zero attached hydrogens (tertiary/aromatic N) is 1. The molecule has 2 rings (SSSR count). The third kappa shape index (κ3) is 3.60. The lowest BCUT2D eigenvalue weighted by Gasteiger charge is -2.31. The SMILES string of the molecule is CCNc1cccc(OC2CC(C)OC(C)C2)n1. The van der Waals surface area contributed by atoms with Crippen molar-refractivity contribution in [3.8, 4) is 5.88 Å². The van der Waals surface area contributed by atoms with E-state index in [0.717, 1.165) is 25.2 Å². The second-order valence-corrected chi connectivity index (χ2v) is 4.86. The fourth-order valence-corrected chi connectivity index (χ4v) is 2.37. The molecule has 4 heteroatoms. The summed E-state index contributed by atoms with van der Waals surface area (Å²) in [5.41, 5.74) is 0. The van der Waals surface area contributed by atoms with Crippen molar-refractivity contribution >= 4 is 5.82 Å². The molecule has 100 valence electrons. The van der Waals surface area contributed by atoms with Crippen molar-refractivity contribution in [2.45, 2.75) is 51.9 Å². The monoisotopic (exact) mass is 250 g/mol. The average molecular weight is 250 g/mol. The summed E-state index contributed by atoms with van der Waals surface area (Å²) >= 11 is 0. The van der Waals surface area contributed by atoms with Gasteiger partial charge in [-0.2, -0.15) is 4.98 Å². The first kappa shape index (κ1) is 13.1. The summed E-state index contributed by atoms with van der Waals surface area (Å²) in [4.78, 5) is 4.43. The van der Waals surface area contributed by atoms with E-state index in [0.29, 0.717) is 5.88 Å². The normalized spacial score (nSPS) is 27.8. The lowest BCUT2D eigenvalue weighted by Crippen LogP contribution is -2.35. The molecule has 2 heterocycles. The molecule has 2 atom stereocenters. The van der Waals surface area contributed by atoms with Crippen LogP contribution in [0.25, 0.3) is 0 Å². The number of hydrogen-bond donors (Lipinski definition) is 1. The van der Waals surface area contributed by atoms with E-state index in [1.807, 2.05) is 18.2 Å². The molecular formula is C14H22N2O2. The van der Waals surface area contributed by atoms with Crippen LogP contribution in [0.5, 0.6) is 5.88 Å². The second kappa shape index (κ2) is 6.05. The first-order valence-corrected chi connectivity index (χ1v) is 6.70. The van der Waals surface area contributed by atoms with Crippen LogP contribution in [0.1, 0.15) is 33.6 Å². The number of hydrogen-bond acceptors (Lipinski definition) is 4. The van der Waals surface area contributed by atoms with Gasteiger partial charge in [0, 0.05) is 25.5 Å². The van der Waals surface area contributed by atoms with Gasteiger partial charge >= 0.3 is 0 Å². The second-order valence-electron chi connectivity index (χ2n) is 4.86. The Bertz CT molecular complexity index is 374. The highest BCUT2D eigenvalue weighted by molar-refractivity contribution is 5.36. The van der Waals surface area contributed by atoms with Crippen LogP contribution in [0.3, 0.4) is 0 Å². The summed E-state index contributed by atoms with van der Waals surface area (Å²) in [6.07, 6.45) is 2.58. The molecule has 0 spiro atoms.